The Morgan fingerprint density at radius 1 is 1.44 bits per heavy atom. The van der Waals surface area contributed by atoms with Crippen LogP contribution in [-0.2, 0) is 11.3 Å². The van der Waals surface area contributed by atoms with E-state index in [4.69, 9.17) is 5.84 Å². The highest BCUT2D eigenvalue weighted by Gasteiger charge is 2.05. The largest absolute Gasteiger partial charge is 0.298 e. The second-order valence-corrected chi connectivity index (χ2v) is 4.21. The van der Waals surface area contributed by atoms with Crippen LogP contribution in [0, 0.1) is 0 Å². The molecule has 5 nitrogen and oxygen atoms in total. The van der Waals surface area contributed by atoms with E-state index in [9.17, 15) is 4.79 Å². The minimum Gasteiger partial charge on any atom is -0.298 e. The summed E-state index contributed by atoms with van der Waals surface area (Å²) in [6.07, 6.45) is 4.17. The molecule has 0 saturated heterocycles. The molecule has 1 aromatic rings. The van der Waals surface area contributed by atoms with Gasteiger partial charge in [-0.1, -0.05) is 13.0 Å². The molecule has 3 N–H and O–H groups in total. The number of hydrogen-bond acceptors (Lipinski definition) is 4. The zero-order chi connectivity index (χ0) is 13.2. The maximum atomic E-state index is 11.0. The third-order valence-electron chi connectivity index (χ3n) is 2.85. The minimum absolute atomic E-state index is 0.0947. The Morgan fingerprint density at radius 2 is 2.28 bits per heavy atom. The molecule has 0 saturated carbocycles. The number of nitrogens with two attached hydrogens (primary N) is 1. The van der Waals surface area contributed by atoms with Crippen LogP contribution >= 0.6 is 0 Å². The van der Waals surface area contributed by atoms with Gasteiger partial charge in [0.1, 0.15) is 0 Å². The van der Waals surface area contributed by atoms with Crippen molar-refractivity contribution in [2.75, 3.05) is 13.1 Å². The Balaban J connectivity index is 2.24. The van der Waals surface area contributed by atoms with Crippen molar-refractivity contribution in [1.29, 1.82) is 0 Å². The summed E-state index contributed by atoms with van der Waals surface area (Å²) >= 11 is 0. The Hall–Kier alpha value is -1.46. The number of unbranched alkanes of at least 4 members (excludes halogenated alkanes) is 1. The molecule has 0 unspecified atom stereocenters. The third kappa shape index (κ3) is 5.75. The van der Waals surface area contributed by atoms with Crippen LogP contribution in [0.2, 0.25) is 0 Å². The number of amides is 1. The van der Waals surface area contributed by atoms with Gasteiger partial charge in [0.05, 0.1) is 5.69 Å². The highest BCUT2D eigenvalue weighted by Crippen LogP contribution is 2.04. The van der Waals surface area contributed by atoms with Gasteiger partial charge in [0, 0.05) is 19.2 Å². The SMILES string of the molecule is CCN(CCCCC(=O)NN)Cc1ccccn1. The van der Waals surface area contributed by atoms with E-state index < -0.39 is 0 Å². The van der Waals surface area contributed by atoms with E-state index in [2.05, 4.69) is 22.2 Å². The van der Waals surface area contributed by atoms with Crippen LogP contribution in [-0.4, -0.2) is 28.9 Å². The van der Waals surface area contributed by atoms with Crippen molar-refractivity contribution in [2.45, 2.75) is 32.7 Å². The van der Waals surface area contributed by atoms with Crippen LogP contribution in [0.1, 0.15) is 31.9 Å². The molecule has 0 bridgehead atoms. The quantitative estimate of drug-likeness (QED) is 0.313. The zero-order valence-electron chi connectivity index (χ0n) is 10.9. The first-order valence-corrected chi connectivity index (χ1v) is 6.38. The smallest absolute Gasteiger partial charge is 0.233 e. The van der Waals surface area contributed by atoms with Gasteiger partial charge in [0.2, 0.25) is 5.91 Å². The van der Waals surface area contributed by atoms with Crippen molar-refractivity contribution < 1.29 is 4.79 Å². The lowest BCUT2D eigenvalue weighted by Gasteiger charge is -2.19. The van der Waals surface area contributed by atoms with E-state index >= 15 is 0 Å². The van der Waals surface area contributed by atoms with E-state index in [1.165, 1.54) is 0 Å². The van der Waals surface area contributed by atoms with Crippen molar-refractivity contribution in [3.05, 3.63) is 30.1 Å². The number of hydrogen-bond donors (Lipinski definition) is 2. The number of carbonyl (C=O) groups is 1. The second kappa shape index (κ2) is 8.60. The lowest BCUT2D eigenvalue weighted by molar-refractivity contribution is -0.121. The fraction of sp³-hybridized carbons (Fsp3) is 0.538. The highest BCUT2D eigenvalue weighted by molar-refractivity contribution is 5.75. The lowest BCUT2D eigenvalue weighted by atomic mass is 10.2. The van der Waals surface area contributed by atoms with Gasteiger partial charge in [-0.15, -0.1) is 0 Å². The topological polar surface area (TPSA) is 71.2 Å². The molecule has 0 fully saturated rings. The molecule has 0 aromatic carbocycles. The van der Waals surface area contributed by atoms with Crippen LogP contribution in [0.3, 0.4) is 0 Å². The Labute approximate surface area is 108 Å². The average Bonchev–Trinajstić information content (AvgIpc) is 2.43. The molecule has 100 valence electrons. The van der Waals surface area contributed by atoms with Crippen molar-refractivity contribution in [3.63, 3.8) is 0 Å². The summed E-state index contributed by atoms with van der Waals surface area (Å²) in [5.41, 5.74) is 3.23. The summed E-state index contributed by atoms with van der Waals surface area (Å²) in [4.78, 5) is 17.6. The van der Waals surface area contributed by atoms with Crippen LogP contribution in [0.4, 0.5) is 0 Å². The lowest BCUT2D eigenvalue weighted by Crippen LogP contribution is -2.30. The number of nitrogens with zero attached hydrogens (tertiary/aromatic N) is 2. The normalized spacial score (nSPS) is 10.6. The Kier molecular flexibility index (Phi) is 6.98. The summed E-state index contributed by atoms with van der Waals surface area (Å²) in [7, 11) is 0. The van der Waals surface area contributed by atoms with Crippen molar-refractivity contribution in [2.24, 2.45) is 5.84 Å². The summed E-state index contributed by atoms with van der Waals surface area (Å²) in [5, 5.41) is 0. The first-order chi connectivity index (χ1) is 8.76. The standard InChI is InChI=1S/C13H22N4O/c1-2-17(10-6-4-8-13(18)16-14)11-12-7-3-5-9-15-12/h3,5,7,9H,2,4,6,8,10-11,14H2,1H3,(H,16,18). The molecule has 0 spiro atoms. The van der Waals surface area contributed by atoms with Crippen LogP contribution < -0.4 is 11.3 Å². The van der Waals surface area contributed by atoms with Gasteiger partial charge in [-0.3, -0.25) is 20.1 Å². The van der Waals surface area contributed by atoms with Crippen LogP contribution in [0.25, 0.3) is 0 Å². The van der Waals surface area contributed by atoms with E-state index in [-0.39, 0.29) is 5.91 Å². The average molecular weight is 250 g/mol. The van der Waals surface area contributed by atoms with E-state index in [1.807, 2.05) is 24.4 Å². The molecule has 5 heteroatoms. The van der Waals surface area contributed by atoms with E-state index in [0.717, 1.165) is 38.2 Å². The maximum Gasteiger partial charge on any atom is 0.233 e. The molecule has 0 aliphatic heterocycles. The number of nitrogens with one attached hydrogen (secondary N) is 1. The maximum absolute atomic E-state index is 11.0. The van der Waals surface area contributed by atoms with Gasteiger partial charge in [-0.2, -0.15) is 0 Å². The predicted molar refractivity (Wildman–Crippen MR) is 71.4 cm³/mol. The molecule has 1 rings (SSSR count). The van der Waals surface area contributed by atoms with Gasteiger partial charge in [0.25, 0.3) is 0 Å². The zero-order valence-corrected chi connectivity index (χ0v) is 10.9. The van der Waals surface area contributed by atoms with Gasteiger partial charge < -0.3 is 0 Å². The summed E-state index contributed by atoms with van der Waals surface area (Å²) in [6, 6.07) is 5.96. The monoisotopic (exact) mass is 250 g/mol. The van der Waals surface area contributed by atoms with Gasteiger partial charge in [-0.05, 0) is 38.1 Å². The third-order valence-corrected chi connectivity index (χ3v) is 2.85. The van der Waals surface area contributed by atoms with Crippen molar-refractivity contribution in [1.82, 2.24) is 15.3 Å². The van der Waals surface area contributed by atoms with Gasteiger partial charge >= 0.3 is 0 Å². The first kappa shape index (κ1) is 14.6. The van der Waals surface area contributed by atoms with Crippen molar-refractivity contribution >= 4 is 5.91 Å². The molecular formula is C13H22N4O. The number of rotatable bonds is 8. The number of aromatic nitrogens is 1. The van der Waals surface area contributed by atoms with Crippen molar-refractivity contribution in [3.8, 4) is 0 Å². The molecule has 0 atom stereocenters. The summed E-state index contributed by atoms with van der Waals surface area (Å²) < 4.78 is 0. The van der Waals surface area contributed by atoms with Crippen LogP contribution in [0.5, 0.6) is 0 Å². The molecule has 1 aromatic heterocycles. The first-order valence-electron chi connectivity index (χ1n) is 6.38. The fourth-order valence-electron chi connectivity index (χ4n) is 1.76. The van der Waals surface area contributed by atoms with E-state index in [1.54, 1.807) is 0 Å². The number of carbonyl (C=O) groups excluding carboxylic acids is 1. The summed E-state index contributed by atoms with van der Waals surface area (Å²) in [5.74, 6) is 4.93. The predicted octanol–water partition coefficient (Wildman–Crippen LogP) is 1.06. The highest BCUT2D eigenvalue weighted by atomic mass is 16.2. The molecule has 1 heterocycles. The molecule has 18 heavy (non-hydrogen) atoms. The van der Waals surface area contributed by atoms with E-state index in [0.29, 0.717) is 6.42 Å². The van der Waals surface area contributed by atoms with Crippen LogP contribution in [0.15, 0.2) is 24.4 Å². The summed E-state index contributed by atoms with van der Waals surface area (Å²) in [6.45, 7) is 4.96. The fourth-order valence-corrected chi connectivity index (χ4v) is 1.76. The molecule has 0 aliphatic rings. The van der Waals surface area contributed by atoms with Gasteiger partial charge in [0.15, 0.2) is 0 Å². The Bertz CT molecular complexity index is 342. The second-order valence-electron chi connectivity index (χ2n) is 4.21. The Morgan fingerprint density at radius 3 is 2.89 bits per heavy atom. The molecule has 1 amide bonds. The molecular weight excluding hydrogens is 228 g/mol. The minimum atomic E-state index is -0.0947. The molecule has 0 aliphatic carbocycles. The number of hydrazine groups is 1. The molecule has 0 radical (unpaired) electrons. The number of pyridine rings is 1. The van der Waals surface area contributed by atoms with Gasteiger partial charge in [-0.25, -0.2) is 5.84 Å².